The molecule has 1 aromatic rings. The Balaban J connectivity index is 2.11. The molecule has 0 saturated heterocycles. The molecule has 0 radical (unpaired) electrons. The van der Waals surface area contributed by atoms with Crippen LogP contribution in [0, 0.1) is 11.8 Å². The van der Waals surface area contributed by atoms with Crippen molar-refractivity contribution in [1.29, 1.82) is 0 Å². The van der Waals surface area contributed by atoms with E-state index in [-0.39, 0.29) is 11.7 Å². The molecule has 0 aromatic carbocycles. The summed E-state index contributed by atoms with van der Waals surface area (Å²) in [4.78, 5) is 19.1. The second kappa shape index (κ2) is 4.60. The number of Topliss-reactive ketones (excluding diaryl/α,β-unsaturated/α-hetero) is 1. The Morgan fingerprint density at radius 2 is 2.33 bits per heavy atom. The number of H-pyrrole nitrogens is 1. The van der Waals surface area contributed by atoms with Crippen molar-refractivity contribution >= 4 is 5.78 Å². The lowest BCUT2D eigenvalue weighted by Crippen LogP contribution is -2.27. The van der Waals surface area contributed by atoms with Gasteiger partial charge in [-0.15, -0.1) is 0 Å². The number of ketones is 1. The average molecular weight is 206 g/mol. The molecule has 1 aliphatic carbocycles. The minimum absolute atomic E-state index is 0.204. The van der Waals surface area contributed by atoms with E-state index in [2.05, 4.69) is 16.9 Å². The number of rotatable bonds is 3. The van der Waals surface area contributed by atoms with Gasteiger partial charge in [0.1, 0.15) is 0 Å². The molecule has 3 heteroatoms. The number of nitrogens with one attached hydrogen (secondary N) is 1. The van der Waals surface area contributed by atoms with Gasteiger partial charge >= 0.3 is 0 Å². The van der Waals surface area contributed by atoms with Crippen molar-refractivity contribution in [1.82, 2.24) is 9.97 Å². The van der Waals surface area contributed by atoms with E-state index in [1.807, 2.05) is 0 Å². The van der Waals surface area contributed by atoms with Crippen molar-refractivity contribution in [2.45, 2.75) is 39.0 Å². The molecule has 82 valence electrons. The number of aromatic amines is 1. The highest BCUT2D eigenvalue weighted by molar-refractivity contribution is 5.94. The molecule has 0 aliphatic heterocycles. The topological polar surface area (TPSA) is 45.8 Å². The second-order valence-corrected chi connectivity index (χ2v) is 4.36. The largest absolute Gasteiger partial charge is 0.342 e. The molecule has 0 spiro atoms. The lowest BCUT2D eigenvalue weighted by molar-refractivity contribution is 0.0810. The fourth-order valence-electron chi connectivity index (χ4n) is 2.62. The maximum atomic E-state index is 12.1. The first-order valence-electron chi connectivity index (χ1n) is 5.86. The summed E-state index contributed by atoms with van der Waals surface area (Å²) in [5.74, 6) is 1.53. The summed E-state index contributed by atoms with van der Waals surface area (Å²) in [7, 11) is 0. The van der Waals surface area contributed by atoms with Crippen LogP contribution in [0.4, 0.5) is 0 Å². The van der Waals surface area contributed by atoms with Gasteiger partial charge in [0.15, 0.2) is 5.82 Å². The van der Waals surface area contributed by atoms with Gasteiger partial charge < -0.3 is 4.98 Å². The molecule has 1 N–H and O–H groups in total. The van der Waals surface area contributed by atoms with Gasteiger partial charge in [0.05, 0.1) is 0 Å². The third-order valence-corrected chi connectivity index (χ3v) is 3.50. The molecule has 1 fully saturated rings. The quantitative estimate of drug-likeness (QED) is 0.773. The van der Waals surface area contributed by atoms with Crippen molar-refractivity contribution in [3.63, 3.8) is 0 Å². The summed E-state index contributed by atoms with van der Waals surface area (Å²) in [6.45, 7) is 2.18. The maximum absolute atomic E-state index is 12.1. The van der Waals surface area contributed by atoms with Crippen molar-refractivity contribution in [3.8, 4) is 0 Å². The first-order chi connectivity index (χ1) is 7.33. The van der Waals surface area contributed by atoms with E-state index >= 15 is 0 Å². The Morgan fingerprint density at radius 1 is 1.53 bits per heavy atom. The third-order valence-electron chi connectivity index (χ3n) is 3.50. The van der Waals surface area contributed by atoms with Crippen LogP contribution in [-0.2, 0) is 0 Å². The fourth-order valence-corrected chi connectivity index (χ4v) is 2.62. The summed E-state index contributed by atoms with van der Waals surface area (Å²) < 4.78 is 0. The van der Waals surface area contributed by atoms with Crippen molar-refractivity contribution in [2.24, 2.45) is 11.8 Å². The van der Waals surface area contributed by atoms with Crippen molar-refractivity contribution in [3.05, 3.63) is 18.2 Å². The van der Waals surface area contributed by atoms with Crippen LogP contribution in [-0.4, -0.2) is 15.8 Å². The average Bonchev–Trinajstić information content (AvgIpc) is 2.81. The van der Waals surface area contributed by atoms with Crippen molar-refractivity contribution in [2.75, 3.05) is 0 Å². The molecule has 2 atom stereocenters. The Hall–Kier alpha value is -1.12. The molecule has 2 rings (SSSR count). The van der Waals surface area contributed by atoms with Gasteiger partial charge in [-0.05, 0) is 18.8 Å². The summed E-state index contributed by atoms with van der Waals surface area (Å²) in [5, 5.41) is 0. The van der Waals surface area contributed by atoms with Crippen LogP contribution in [0.25, 0.3) is 0 Å². The molecule has 15 heavy (non-hydrogen) atoms. The normalized spacial score (nSPS) is 26.5. The number of hydrogen-bond donors (Lipinski definition) is 1. The van der Waals surface area contributed by atoms with Crippen LogP contribution >= 0.6 is 0 Å². The molecular formula is C12H18N2O. The van der Waals surface area contributed by atoms with E-state index < -0.39 is 0 Å². The van der Waals surface area contributed by atoms with Gasteiger partial charge in [-0.1, -0.05) is 26.2 Å². The fraction of sp³-hybridized carbons (Fsp3) is 0.667. The van der Waals surface area contributed by atoms with E-state index in [1.54, 1.807) is 12.4 Å². The van der Waals surface area contributed by atoms with Crippen molar-refractivity contribution < 1.29 is 4.79 Å². The van der Waals surface area contributed by atoms with E-state index in [9.17, 15) is 4.79 Å². The van der Waals surface area contributed by atoms with Crippen LogP contribution in [0.15, 0.2) is 12.4 Å². The third kappa shape index (κ3) is 2.11. The molecular weight excluding hydrogens is 188 g/mol. The van der Waals surface area contributed by atoms with Gasteiger partial charge in [-0.2, -0.15) is 0 Å². The predicted octanol–water partition coefficient (Wildman–Crippen LogP) is 2.81. The summed E-state index contributed by atoms with van der Waals surface area (Å²) in [6, 6.07) is 0. The number of aromatic nitrogens is 2. The smallest absolute Gasteiger partial charge is 0.201 e. The highest BCUT2D eigenvalue weighted by Crippen LogP contribution is 2.33. The zero-order valence-corrected chi connectivity index (χ0v) is 9.20. The number of nitrogens with zero attached hydrogens (tertiary/aromatic N) is 1. The van der Waals surface area contributed by atoms with Crippen LogP contribution in [0.3, 0.4) is 0 Å². The molecule has 2 unspecified atom stereocenters. The van der Waals surface area contributed by atoms with Gasteiger partial charge in [0.25, 0.3) is 0 Å². The molecule has 0 amide bonds. The SMILES string of the molecule is CCC1CCCCC1C(=O)c1ncc[nH]1. The Bertz CT molecular complexity index is 318. The van der Waals surface area contributed by atoms with Crippen LogP contribution in [0.1, 0.15) is 49.6 Å². The molecule has 1 aliphatic rings. The first-order valence-corrected chi connectivity index (χ1v) is 5.86. The standard InChI is InChI=1S/C12H18N2O/c1-2-9-5-3-4-6-10(9)11(15)12-13-7-8-14-12/h7-10H,2-6H2,1H3,(H,13,14). The van der Waals surface area contributed by atoms with Crippen LogP contribution in [0.5, 0.6) is 0 Å². The predicted molar refractivity (Wildman–Crippen MR) is 58.7 cm³/mol. The molecule has 1 saturated carbocycles. The minimum atomic E-state index is 0.204. The highest BCUT2D eigenvalue weighted by Gasteiger charge is 2.31. The summed E-state index contributed by atoms with van der Waals surface area (Å²) in [6.07, 6.45) is 9.19. The second-order valence-electron chi connectivity index (χ2n) is 4.36. The van der Waals surface area contributed by atoms with Crippen LogP contribution in [0.2, 0.25) is 0 Å². The molecule has 1 heterocycles. The Morgan fingerprint density at radius 3 is 3.00 bits per heavy atom. The van der Waals surface area contributed by atoms with Gasteiger partial charge in [0.2, 0.25) is 5.78 Å². The lowest BCUT2D eigenvalue weighted by atomic mass is 9.75. The molecule has 0 bridgehead atoms. The van der Waals surface area contributed by atoms with Gasteiger partial charge in [-0.3, -0.25) is 4.79 Å². The number of imidazole rings is 1. The number of carbonyl (C=O) groups excluding carboxylic acids is 1. The molecule has 1 aromatic heterocycles. The lowest BCUT2D eigenvalue weighted by Gasteiger charge is -2.28. The first kappa shape index (κ1) is 10.4. The van der Waals surface area contributed by atoms with Crippen LogP contribution < -0.4 is 0 Å². The van der Waals surface area contributed by atoms with Gasteiger partial charge in [-0.25, -0.2) is 4.98 Å². The molecule has 3 nitrogen and oxygen atoms in total. The van der Waals surface area contributed by atoms with E-state index in [4.69, 9.17) is 0 Å². The number of carbonyl (C=O) groups is 1. The zero-order chi connectivity index (χ0) is 10.7. The van der Waals surface area contributed by atoms with E-state index in [0.29, 0.717) is 11.7 Å². The maximum Gasteiger partial charge on any atom is 0.201 e. The summed E-state index contributed by atoms with van der Waals surface area (Å²) in [5.41, 5.74) is 0. The number of hydrogen-bond acceptors (Lipinski definition) is 2. The van der Waals surface area contributed by atoms with Gasteiger partial charge in [0, 0.05) is 18.3 Å². The Kier molecular flexibility index (Phi) is 3.19. The minimum Gasteiger partial charge on any atom is -0.342 e. The monoisotopic (exact) mass is 206 g/mol. The van der Waals surface area contributed by atoms with E-state index in [1.165, 1.54) is 19.3 Å². The summed E-state index contributed by atoms with van der Waals surface area (Å²) >= 11 is 0. The highest BCUT2D eigenvalue weighted by atomic mass is 16.1. The Labute approximate surface area is 90.3 Å². The zero-order valence-electron chi connectivity index (χ0n) is 9.20. The van der Waals surface area contributed by atoms with E-state index in [0.717, 1.165) is 12.8 Å².